The van der Waals surface area contributed by atoms with Crippen molar-refractivity contribution in [1.29, 1.82) is 0 Å². The molecule has 0 atom stereocenters. The first-order valence-electron chi connectivity index (χ1n) is 6.97. The first-order chi connectivity index (χ1) is 9.59. The molecular formula is C16H21F2NO. The van der Waals surface area contributed by atoms with Gasteiger partial charge in [-0.05, 0) is 50.2 Å². The summed E-state index contributed by atoms with van der Waals surface area (Å²) in [5.74, 6) is -1.27. The van der Waals surface area contributed by atoms with Gasteiger partial charge in [0.25, 0.3) is 0 Å². The quantitative estimate of drug-likeness (QED) is 0.541. The summed E-state index contributed by atoms with van der Waals surface area (Å²) in [5.41, 5.74) is 5.60. The minimum Gasteiger partial charge on any atom is -0.370 e. The van der Waals surface area contributed by atoms with Crippen LogP contribution >= 0.6 is 0 Å². The number of halogens is 2. The van der Waals surface area contributed by atoms with E-state index in [1.165, 1.54) is 12.1 Å². The molecule has 2 N–H and O–H groups in total. The van der Waals surface area contributed by atoms with Crippen LogP contribution in [0.4, 0.5) is 8.78 Å². The Labute approximate surface area is 118 Å². The molecule has 0 spiro atoms. The lowest BCUT2D eigenvalue weighted by atomic mass is 10.1. The van der Waals surface area contributed by atoms with Crippen LogP contribution in [0.2, 0.25) is 0 Å². The molecule has 1 rings (SSSR count). The number of carbonyl (C=O) groups is 1. The van der Waals surface area contributed by atoms with Gasteiger partial charge in [0.1, 0.15) is 11.6 Å². The second-order valence-electron chi connectivity index (χ2n) is 4.81. The van der Waals surface area contributed by atoms with E-state index in [4.69, 9.17) is 5.73 Å². The Kier molecular flexibility index (Phi) is 7.55. The molecule has 1 aromatic carbocycles. The lowest BCUT2D eigenvalue weighted by Crippen LogP contribution is -2.09. The molecule has 0 unspecified atom stereocenters. The van der Waals surface area contributed by atoms with Crippen molar-refractivity contribution in [3.63, 3.8) is 0 Å². The molecule has 0 aliphatic heterocycles. The molecule has 20 heavy (non-hydrogen) atoms. The van der Waals surface area contributed by atoms with Gasteiger partial charge in [0.05, 0.1) is 0 Å². The largest absolute Gasteiger partial charge is 0.370 e. The Morgan fingerprint density at radius 2 is 1.80 bits per heavy atom. The standard InChI is InChI=1S/C16H21F2NO/c17-14-11-10-13(15(18)12-14)8-6-4-2-1-3-5-7-9-16(19)20/h1-2,10-12H,3-9H2,(H2,19,20)/b2-1+. The predicted molar refractivity (Wildman–Crippen MR) is 76.1 cm³/mol. The van der Waals surface area contributed by atoms with Gasteiger partial charge in [-0.15, -0.1) is 0 Å². The number of carbonyl (C=O) groups excluding carboxylic acids is 1. The van der Waals surface area contributed by atoms with Crippen LogP contribution in [0.5, 0.6) is 0 Å². The van der Waals surface area contributed by atoms with E-state index >= 15 is 0 Å². The van der Waals surface area contributed by atoms with Gasteiger partial charge in [-0.3, -0.25) is 4.79 Å². The van der Waals surface area contributed by atoms with E-state index in [-0.39, 0.29) is 5.91 Å². The molecule has 2 nitrogen and oxygen atoms in total. The van der Waals surface area contributed by atoms with E-state index in [0.717, 1.165) is 38.2 Å². The van der Waals surface area contributed by atoms with Crippen LogP contribution in [0.1, 0.15) is 44.1 Å². The zero-order chi connectivity index (χ0) is 14.8. The molecular weight excluding hydrogens is 260 g/mol. The third-order valence-electron chi connectivity index (χ3n) is 3.04. The Morgan fingerprint density at radius 3 is 2.45 bits per heavy atom. The van der Waals surface area contributed by atoms with Gasteiger partial charge in [-0.2, -0.15) is 0 Å². The number of hydrogen-bond donors (Lipinski definition) is 1. The van der Waals surface area contributed by atoms with Crippen molar-refractivity contribution < 1.29 is 13.6 Å². The molecule has 110 valence electrons. The average Bonchev–Trinajstić information content (AvgIpc) is 2.38. The molecule has 0 saturated carbocycles. The number of nitrogens with two attached hydrogens (primary N) is 1. The van der Waals surface area contributed by atoms with E-state index in [0.29, 0.717) is 18.4 Å². The van der Waals surface area contributed by atoms with Crippen LogP contribution in [0.3, 0.4) is 0 Å². The van der Waals surface area contributed by atoms with Crippen LogP contribution in [0.15, 0.2) is 30.4 Å². The number of benzene rings is 1. The fraction of sp³-hybridized carbons (Fsp3) is 0.438. The summed E-state index contributed by atoms with van der Waals surface area (Å²) in [6, 6.07) is 3.70. The molecule has 4 heteroatoms. The lowest BCUT2D eigenvalue weighted by molar-refractivity contribution is -0.118. The third-order valence-corrected chi connectivity index (χ3v) is 3.04. The second kappa shape index (κ2) is 9.23. The zero-order valence-corrected chi connectivity index (χ0v) is 11.6. The van der Waals surface area contributed by atoms with Crippen LogP contribution in [-0.4, -0.2) is 5.91 Å². The fourth-order valence-corrected chi connectivity index (χ4v) is 1.93. The minimum absolute atomic E-state index is 0.254. The van der Waals surface area contributed by atoms with Gasteiger partial charge >= 0.3 is 0 Å². The maximum atomic E-state index is 13.3. The third kappa shape index (κ3) is 7.02. The molecule has 0 bridgehead atoms. The number of primary amides is 1. The second-order valence-corrected chi connectivity index (χ2v) is 4.81. The van der Waals surface area contributed by atoms with Gasteiger partial charge in [-0.25, -0.2) is 8.78 Å². The summed E-state index contributed by atoms with van der Waals surface area (Å²) in [5, 5.41) is 0. The molecule has 0 heterocycles. The van der Waals surface area contributed by atoms with Gasteiger partial charge < -0.3 is 5.73 Å². The van der Waals surface area contributed by atoms with Gasteiger partial charge in [0, 0.05) is 12.5 Å². The zero-order valence-electron chi connectivity index (χ0n) is 11.6. The maximum absolute atomic E-state index is 13.3. The summed E-state index contributed by atoms with van der Waals surface area (Å²) >= 11 is 0. The molecule has 1 amide bonds. The maximum Gasteiger partial charge on any atom is 0.217 e. The molecule has 0 aliphatic carbocycles. The van der Waals surface area contributed by atoms with E-state index in [2.05, 4.69) is 12.2 Å². The van der Waals surface area contributed by atoms with Crippen LogP contribution in [0, 0.1) is 11.6 Å². The normalized spacial score (nSPS) is 11.1. The molecule has 1 aromatic rings. The van der Waals surface area contributed by atoms with Crippen molar-refractivity contribution in [3.8, 4) is 0 Å². The van der Waals surface area contributed by atoms with Gasteiger partial charge in [0.15, 0.2) is 0 Å². The SMILES string of the molecule is NC(=O)CCCC/C=C/CCCc1ccc(F)cc1F. The highest BCUT2D eigenvalue weighted by Crippen LogP contribution is 2.12. The summed E-state index contributed by atoms with van der Waals surface area (Å²) in [6.45, 7) is 0. The highest BCUT2D eigenvalue weighted by Gasteiger charge is 2.02. The molecule has 0 radical (unpaired) electrons. The Bertz CT molecular complexity index is 458. The lowest BCUT2D eigenvalue weighted by Gasteiger charge is -2.01. The number of unbranched alkanes of at least 4 members (excludes halogenated alkanes) is 3. The highest BCUT2D eigenvalue weighted by atomic mass is 19.1. The number of rotatable bonds is 9. The van der Waals surface area contributed by atoms with Crippen LogP contribution in [0.25, 0.3) is 0 Å². The van der Waals surface area contributed by atoms with Crippen LogP contribution in [-0.2, 0) is 11.2 Å². The van der Waals surface area contributed by atoms with E-state index in [1.54, 1.807) is 0 Å². The molecule has 0 fully saturated rings. The summed E-state index contributed by atoms with van der Waals surface area (Å²) in [7, 11) is 0. The van der Waals surface area contributed by atoms with Crippen molar-refractivity contribution in [2.45, 2.75) is 44.9 Å². The van der Waals surface area contributed by atoms with E-state index in [1.807, 2.05) is 0 Å². The average molecular weight is 281 g/mol. The smallest absolute Gasteiger partial charge is 0.217 e. The molecule has 0 aromatic heterocycles. The van der Waals surface area contributed by atoms with Gasteiger partial charge in [0.2, 0.25) is 5.91 Å². The predicted octanol–water partition coefficient (Wildman–Crippen LogP) is 3.89. The number of amides is 1. The van der Waals surface area contributed by atoms with E-state index < -0.39 is 11.6 Å². The summed E-state index contributed by atoms with van der Waals surface area (Å²) < 4.78 is 26.0. The van der Waals surface area contributed by atoms with E-state index in [9.17, 15) is 13.6 Å². The molecule has 0 aliphatic rings. The van der Waals surface area contributed by atoms with Crippen LogP contribution < -0.4 is 5.73 Å². The monoisotopic (exact) mass is 281 g/mol. The minimum atomic E-state index is -0.540. The van der Waals surface area contributed by atoms with Crippen molar-refractivity contribution in [1.82, 2.24) is 0 Å². The first kappa shape index (κ1) is 16.3. The van der Waals surface area contributed by atoms with Crippen molar-refractivity contribution >= 4 is 5.91 Å². The number of hydrogen-bond acceptors (Lipinski definition) is 1. The fourth-order valence-electron chi connectivity index (χ4n) is 1.93. The first-order valence-corrected chi connectivity index (χ1v) is 6.97. The van der Waals surface area contributed by atoms with Crippen molar-refractivity contribution in [2.24, 2.45) is 5.73 Å². The topological polar surface area (TPSA) is 43.1 Å². The van der Waals surface area contributed by atoms with Gasteiger partial charge in [-0.1, -0.05) is 18.2 Å². The van der Waals surface area contributed by atoms with Crippen molar-refractivity contribution in [3.05, 3.63) is 47.5 Å². The number of aryl methyl sites for hydroxylation is 1. The summed E-state index contributed by atoms with van der Waals surface area (Å²) in [6.07, 6.45) is 9.58. The Hall–Kier alpha value is -1.71. The molecule has 0 saturated heterocycles. The Morgan fingerprint density at radius 1 is 1.10 bits per heavy atom. The van der Waals surface area contributed by atoms with Crippen molar-refractivity contribution in [2.75, 3.05) is 0 Å². The summed E-state index contributed by atoms with van der Waals surface area (Å²) in [4.78, 5) is 10.5. The highest BCUT2D eigenvalue weighted by molar-refractivity contribution is 5.73. The number of allylic oxidation sites excluding steroid dienone is 2. The Balaban J connectivity index is 2.11.